The molecule has 0 fully saturated rings. The van der Waals surface area contributed by atoms with E-state index in [0.29, 0.717) is 0 Å². The van der Waals surface area contributed by atoms with Crippen molar-refractivity contribution in [3.05, 3.63) is 12.0 Å². The van der Waals surface area contributed by atoms with Gasteiger partial charge in [0.2, 0.25) is 0 Å². The Kier molecular flexibility index (Phi) is 0.957. The number of carboxylic acids is 1. The lowest BCUT2D eigenvalue weighted by molar-refractivity contribution is 0.0651. The van der Waals surface area contributed by atoms with Gasteiger partial charge in [-0.1, -0.05) is 0 Å². The summed E-state index contributed by atoms with van der Waals surface area (Å²) in [5.74, 6) is -1.40. The van der Waals surface area contributed by atoms with E-state index >= 15 is 0 Å². The molecule has 0 radical (unpaired) electrons. The van der Waals surface area contributed by atoms with Gasteiger partial charge in [0.1, 0.15) is 6.20 Å². The molecule has 0 atom stereocenters. The smallest absolute Gasteiger partial charge is 0.376 e. The molecule has 0 spiro atoms. The second kappa shape index (κ2) is 1.61. The first-order chi connectivity index (χ1) is 3.80. The molecule has 42 valence electrons. The lowest BCUT2D eigenvalue weighted by Crippen LogP contribution is -1.91. The highest BCUT2D eigenvalue weighted by molar-refractivity contribution is 5.83. The number of carboxylic acid groups (broad SMARTS) is 1. The fraction of sp³-hybridized carbons (Fsp3) is 0. The molecule has 0 unspecified atom stereocenters. The molecule has 0 bridgehead atoms. The van der Waals surface area contributed by atoms with Crippen molar-refractivity contribution >= 4 is 5.97 Å². The zero-order valence-electron chi connectivity index (χ0n) is 3.74. The van der Waals surface area contributed by atoms with Crippen molar-refractivity contribution < 1.29 is 14.4 Å². The number of hydrogen-bond acceptors (Lipinski definition) is 4. The van der Waals surface area contributed by atoms with Crippen molar-refractivity contribution in [1.29, 1.82) is 0 Å². The summed E-state index contributed by atoms with van der Waals surface area (Å²) in [4.78, 5) is 9.89. The molecule has 5 nitrogen and oxygen atoms in total. The summed E-state index contributed by atoms with van der Waals surface area (Å²) in [7, 11) is 0. The third-order valence-electron chi connectivity index (χ3n) is 0.572. The van der Waals surface area contributed by atoms with E-state index in [2.05, 4.69) is 14.9 Å². The molecule has 5 heteroatoms. The summed E-state index contributed by atoms with van der Waals surface area (Å²) in [5.41, 5.74) is 0. The number of aromatic carboxylic acids is 1. The Morgan fingerprint density at radius 1 is 1.88 bits per heavy atom. The molecule has 1 N–H and O–H groups in total. The van der Waals surface area contributed by atoms with Crippen LogP contribution in [0.25, 0.3) is 0 Å². The number of hydrogen-bond donors (Lipinski definition) is 1. The van der Waals surface area contributed by atoms with E-state index in [-0.39, 0.29) is 5.76 Å². The molecular formula is C3H2N2O3. The van der Waals surface area contributed by atoms with Gasteiger partial charge in [-0.05, 0) is 0 Å². The topological polar surface area (TPSA) is 76.2 Å². The maximum absolute atomic E-state index is 9.89. The van der Waals surface area contributed by atoms with Gasteiger partial charge in [0, 0.05) is 5.27 Å². The number of rotatable bonds is 1. The fourth-order valence-corrected chi connectivity index (χ4v) is 0.261. The van der Waals surface area contributed by atoms with E-state index in [9.17, 15) is 4.79 Å². The van der Waals surface area contributed by atoms with Gasteiger partial charge in [0.25, 0.3) is 5.76 Å². The maximum Gasteiger partial charge on any atom is 0.376 e. The van der Waals surface area contributed by atoms with E-state index in [4.69, 9.17) is 5.11 Å². The number of carbonyl (C=O) groups is 1. The normalized spacial score (nSPS) is 9.00. The first-order valence-electron chi connectivity index (χ1n) is 1.81. The Balaban J connectivity index is 2.93. The monoisotopic (exact) mass is 114 g/mol. The van der Waals surface area contributed by atoms with E-state index < -0.39 is 5.97 Å². The Bertz CT molecular complexity index is 180. The van der Waals surface area contributed by atoms with Gasteiger partial charge in [-0.25, -0.2) is 4.79 Å². The Labute approximate surface area is 43.9 Å². The van der Waals surface area contributed by atoms with Crippen LogP contribution < -0.4 is 0 Å². The summed E-state index contributed by atoms with van der Waals surface area (Å²) >= 11 is 0. The molecule has 0 aliphatic rings. The average molecular weight is 114 g/mol. The van der Waals surface area contributed by atoms with Crippen LogP contribution in [0.4, 0.5) is 0 Å². The second-order valence-corrected chi connectivity index (χ2v) is 1.09. The average Bonchev–Trinajstić information content (AvgIpc) is 2.12. The summed E-state index contributed by atoms with van der Waals surface area (Å²) < 4.78 is 4.13. The Hall–Kier alpha value is -1.39. The highest BCUT2D eigenvalue weighted by Gasteiger charge is 2.05. The summed E-state index contributed by atoms with van der Waals surface area (Å²) in [6.45, 7) is 0. The van der Waals surface area contributed by atoms with Crippen molar-refractivity contribution in [3.8, 4) is 0 Å². The van der Waals surface area contributed by atoms with E-state index in [0.717, 1.165) is 6.20 Å². The predicted molar refractivity (Wildman–Crippen MR) is 21.3 cm³/mol. The van der Waals surface area contributed by atoms with Crippen LogP contribution >= 0.6 is 0 Å². The van der Waals surface area contributed by atoms with E-state index in [1.165, 1.54) is 0 Å². The highest BCUT2D eigenvalue weighted by atomic mass is 16.5. The van der Waals surface area contributed by atoms with Crippen LogP contribution in [0.3, 0.4) is 0 Å². The molecule has 1 aromatic rings. The molecule has 8 heavy (non-hydrogen) atoms. The minimum absolute atomic E-state index is 0.245. The molecular weight excluding hydrogens is 112 g/mol. The summed E-state index contributed by atoms with van der Waals surface area (Å²) in [6.07, 6.45) is 1.03. The van der Waals surface area contributed by atoms with Crippen LogP contribution in [-0.4, -0.2) is 21.4 Å². The number of nitrogens with zero attached hydrogens (tertiary/aromatic N) is 2. The van der Waals surface area contributed by atoms with Crippen LogP contribution in [0.1, 0.15) is 10.6 Å². The van der Waals surface area contributed by atoms with Gasteiger partial charge in [0.05, 0.1) is 0 Å². The third-order valence-corrected chi connectivity index (χ3v) is 0.572. The molecule has 1 rings (SSSR count). The van der Waals surface area contributed by atoms with Gasteiger partial charge in [-0.3, -0.25) is 0 Å². The van der Waals surface area contributed by atoms with Crippen LogP contribution in [0, 0.1) is 0 Å². The van der Waals surface area contributed by atoms with Gasteiger partial charge in [0.15, 0.2) is 0 Å². The molecule has 0 aromatic carbocycles. The Morgan fingerprint density at radius 2 is 2.62 bits per heavy atom. The van der Waals surface area contributed by atoms with E-state index in [1.807, 2.05) is 0 Å². The van der Waals surface area contributed by atoms with Crippen LogP contribution in [-0.2, 0) is 0 Å². The second-order valence-electron chi connectivity index (χ2n) is 1.09. The lowest BCUT2D eigenvalue weighted by Gasteiger charge is -1.74. The van der Waals surface area contributed by atoms with Crippen molar-refractivity contribution in [2.24, 2.45) is 0 Å². The molecule has 0 aliphatic heterocycles. The molecule has 0 aliphatic carbocycles. The van der Waals surface area contributed by atoms with Gasteiger partial charge >= 0.3 is 5.97 Å². The number of aromatic nitrogens is 2. The highest BCUT2D eigenvalue weighted by Crippen LogP contribution is 1.90. The van der Waals surface area contributed by atoms with Crippen molar-refractivity contribution in [3.63, 3.8) is 0 Å². The molecule has 0 amide bonds. The first-order valence-corrected chi connectivity index (χ1v) is 1.81. The summed E-state index contributed by atoms with van der Waals surface area (Å²) in [5, 5.41) is 14.2. The van der Waals surface area contributed by atoms with Gasteiger partial charge in [-0.2, -0.15) is 0 Å². The zero-order valence-corrected chi connectivity index (χ0v) is 3.74. The summed E-state index contributed by atoms with van der Waals surface area (Å²) in [6, 6.07) is 0. The standard InChI is InChI=1S/C3H2N2O3/c6-3(7)2-1-4-5-8-2/h1H,(H,6,7). The third kappa shape index (κ3) is 0.651. The molecule has 1 heterocycles. The van der Waals surface area contributed by atoms with E-state index in [1.54, 1.807) is 0 Å². The predicted octanol–water partition coefficient (Wildman–Crippen LogP) is -0.232. The van der Waals surface area contributed by atoms with Crippen molar-refractivity contribution in [1.82, 2.24) is 10.4 Å². The lowest BCUT2D eigenvalue weighted by atomic mass is 10.5. The maximum atomic E-state index is 9.89. The minimum atomic E-state index is -1.16. The SMILES string of the molecule is O=C(O)c1cnno1. The molecule has 0 saturated heterocycles. The largest absolute Gasteiger partial charge is 0.475 e. The van der Waals surface area contributed by atoms with Crippen LogP contribution in [0.2, 0.25) is 0 Å². The zero-order chi connectivity index (χ0) is 5.98. The Morgan fingerprint density at radius 3 is 2.88 bits per heavy atom. The minimum Gasteiger partial charge on any atom is -0.475 e. The first kappa shape index (κ1) is 4.76. The fourth-order valence-electron chi connectivity index (χ4n) is 0.261. The van der Waals surface area contributed by atoms with Gasteiger partial charge < -0.3 is 9.63 Å². The van der Waals surface area contributed by atoms with Gasteiger partial charge in [-0.15, -0.1) is 5.10 Å². The quantitative estimate of drug-likeness (QED) is 0.545. The van der Waals surface area contributed by atoms with Crippen LogP contribution in [0.5, 0.6) is 0 Å². The molecule has 1 aromatic heterocycles. The molecule has 0 saturated carbocycles. The van der Waals surface area contributed by atoms with Crippen molar-refractivity contribution in [2.45, 2.75) is 0 Å². The van der Waals surface area contributed by atoms with Crippen molar-refractivity contribution in [2.75, 3.05) is 0 Å². The van der Waals surface area contributed by atoms with Crippen LogP contribution in [0.15, 0.2) is 10.7 Å².